The van der Waals surface area contributed by atoms with Crippen molar-refractivity contribution in [2.45, 2.75) is 124 Å². The second-order valence-corrected chi connectivity index (χ2v) is 13.4. The normalized spacial score (nSPS) is 54.0. The number of hydrogen-bond acceptors (Lipinski definition) is 2. The van der Waals surface area contributed by atoms with Crippen LogP contribution in [0.5, 0.6) is 0 Å². The lowest BCUT2D eigenvalue weighted by atomic mass is 9.44. The Balaban J connectivity index is 1.32. The van der Waals surface area contributed by atoms with E-state index in [1.165, 1.54) is 51.4 Å². The highest BCUT2D eigenvalue weighted by molar-refractivity contribution is 5.24. The number of aliphatic hydroxyl groups is 1. The maximum absolute atomic E-state index is 10.4. The second-order valence-electron chi connectivity index (χ2n) is 13.4. The third-order valence-corrected chi connectivity index (χ3v) is 12.0. The summed E-state index contributed by atoms with van der Waals surface area (Å²) in [6.45, 7) is 15.1. The van der Waals surface area contributed by atoms with Gasteiger partial charge < -0.3 is 9.84 Å². The van der Waals surface area contributed by atoms with Crippen molar-refractivity contribution in [3.8, 4) is 0 Å². The van der Waals surface area contributed by atoms with E-state index in [-0.39, 0.29) is 11.7 Å². The van der Waals surface area contributed by atoms with Crippen molar-refractivity contribution in [3.05, 3.63) is 0 Å². The molecule has 30 heavy (non-hydrogen) atoms. The van der Waals surface area contributed by atoms with E-state index in [4.69, 9.17) is 4.74 Å². The molecule has 11 atom stereocenters. The first-order valence-corrected chi connectivity index (χ1v) is 13.5. The molecule has 0 radical (unpaired) electrons. The minimum atomic E-state index is -0.126. The van der Waals surface area contributed by atoms with Crippen LogP contribution in [0.25, 0.3) is 0 Å². The van der Waals surface area contributed by atoms with Gasteiger partial charge in [-0.1, -0.05) is 54.4 Å². The second kappa shape index (κ2) is 7.21. The summed E-state index contributed by atoms with van der Waals surface area (Å²) in [6.07, 6.45) is 13.3. The van der Waals surface area contributed by atoms with Gasteiger partial charge in [0.25, 0.3) is 0 Å². The molecule has 0 aromatic carbocycles. The number of epoxide rings is 1. The topological polar surface area (TPSA) is 32.8 Å². The molecule has 2 nitrogen and oxygen atoms in total. The average molecular weight is 417 g/mol. The van der Waals surface area contributed by atoms with Gasteiger partial charge >= 0.3 is 0 Å². The van der Waals surface area contributed by atoms with Crippen LogP contribution in [0.3, 0.4) is 0 Å². The lowest BCUT2D eigenvalue weighted by Gasteiger charge is -2.59. The third-order valence-electron chi connectivity index (χ3n) is 12.0. The van der Waals surface area contributed by atoms with Crippen LogP contribution in [-0.2, 0) is 4.74 Å². The van der Waals surface area contributed by atoms with Gasteiger partial charge in [0.2, 0.25) is 0 Å². The van der Waals surface area contributed by atoms with E-state index in [1.807, 2.05) is 0 Å². The highest BCUT2D eigenvalue weighted by Gasteiger charge is 2.76. The molecule has 2 heteroatoms. The minimum Gasteiger partial charge on any atom is -0.393 e. The summed E-state index contributed by atoms with van der Waals surface area (Å²) < 4.78 is 6.52. The Morgan fingerprint density at radius 3 is 2.43 bits per heavy atom. The zero-order chi connectivity index (χ0) is 21.5. The molecular formula is C28H48O2. The molecule has 5 rings (SSSR count). The lowest BCUT2D eigenvalue weighted by Crippen LogP contribution is -2.58. The van der Waals surface area contributed by atoms with Gasteiger partial charge in [-0.15, -0.1) is 0 Å². The largest absolute Gasteiger partial charge is 0.393 e. The summed E-state index contributed by atoms with van der Waals surface area (Å²) in [5.41, 5.74) is 0.913. The Morgan fingerprint density at radius 2 is 1.70 bits per heavy atom. The van der Waals surface area contributed by atoms with E-state index in [0.29, 0.717) is 16.9 Å². The van der Waals surface area contributed by atoms with Crippen molar-refractivity contribution in [1.82, 2.24) is 0 Å². The molecule has 1 spiro atoms. The fourth-order valence-electron chi connectivity index (χ4n) is 9.69. The third kappa shape index (κ3) is 2.94. The average Bonchev–Trinajstić information content (AvgIpc) is 3.27. The van der Waals surface area contributed by atoms with E-state index in [2.05, 4.69) is 41.5 Å². The predicted molar refractivity (Wildman–Crippen MR) is 123 cm³/mol. The summed E-state index contributed by atoms with van der Waals surface area (Å²) in [6, 6.07) is 0. The summed E-state index contributed by atoms with van der Waals surface area (Å²) in [4.78, 5) is 0. The molecule has 8 unspecified atom stereocenters. The van der Waals surface area contributed by atoms with Gasteiger partial charge in [0.15, 0.2) is 0 Å². The van der Waals surface area contributed by atoms with Gasteiger partial charge in [-0.25, -0.2) is 0 Å². The zero-order valence-electron chi connectivity index (χ0n) is 20.6. The minimum absolute atomic E-state index is 0.0395. The molecule has 0 aromatic rings. The Morgan fingerprint density at radius 1 is 0.933 bits per heavy atom. The van der Waals surface area contributed by atoms with E-state index in [9.17, 15) is 5.11 Å². The molecule has 0 aromatic heterocycles. The molecule has 1 heterocycles. The van der Waals surface area contributed by atoms with Gasteiger partial charge in [0.05, 0.1) is 12.2 Å². The van der Waals surface area contributed by atoms with E-state index < -0.39 is 0 Å². The number of aliphatic hydroxyl groups excluding tert-OH is 1. The van der Waals surface area contributed by atoms with Crippen LogP contribution in [-0.4, -0.2) is 22.9 Å². The van der Waals surface area contributed by atoms with E-state index in [0.717, 1.165) is 54.3 Å². The standard InChI is InChI=1S/C28H48O2/c1-17(2)18(3)7-8-19(4)22-9-10-23-21-15-25-28(30-25)16-20(29)11-14-27(28,6)24(21)12-13-26(22,23)5/h17-25,29H,7-16H2,1-6H3/t18?,19?,20?,21?,22?,23?,24?,25?,26-,27-,28+/m1/s1. The maximum atomic E-state index is 10.4. The van der Waals surface area contributed by atoms with Crippen LogP contribution < -0.4 is 0 Å². The Bertz CT molecular complexity index is 659. The Kier molecular flexibility index (Phi) is 5.23. The predicted octanol–water partition coefficient (Wildman–Crippen LogP) is 6.85. The molecule has 4 aliphatic carbocycles. The monoisotopic (exact) mass is 416 g/mol. The zero-order valence-corrected chi connectivity index (χ0v) is 20.6. The van der Waals surface area contributed by atoms with Crippen LogP contribution in [0, 0.1) is 52.3 Å². The van der Waals surface area contributed by atoms with Gasteiger partial charge in [0, 0.05) is 11.8 Å². The maximum Gasteiger partial charge on any atom is 0.103 e. The number of rotatable bonds is 5. The van der Waals surface area contributed by atoms with E-state index in [1.54, 1.807) is 0 Å². The van der Waals surface area contributed by atoms with Gasteiger partial charge in [0.1, 0.15) is 5.60 Å². The fourth-order valence-corrected chi connectivity index (χ4v) is 9.69. The molecule has 172 valence electrons. The summed E-state index contributed by atoms with van der Waals surface area (Å²) in [5.74, 6) is 6.09. The van der Waals surface area contributed by atoms with Gasteiger partial charge in [-0.3, -0.25) is 0 Å². The summed E-state index contributed by atoms with van der Waals surface area (Å²) in [7, 11) is 0. The Hall–Kier alpha value is -0.0800. The number of fused-ring (bicyclic) bond motifs is 4. The molecule has 5 fully saturated rings. The van der Waals surface area contributed by atoms with Gasteiger partial charge in [-0.05, 0) is 91.8 Å². The van der Waals surface area contributed by atoms with Crippen LogP contribution in [0.2, 0.25) is 0 Å². The lowest BCUT2D eigenvalue weighted by molar-refractivity contribution is -0.116. The highest BCUT2D eigenvalue weighted by atomic mass is 16.6. The van der Waals surface area contributed by atoms with Crippen molar-refractivity contribution in [2.24, 2.45) is 52.3 Å². The van der Waals surface area contributed by atoms with Crippen LogP contribution in [0.15, 0.2) is 0 Å². The van der Waals surface area contributed by atoms with Crippen LogP contribution in [0.1, 0.15) is 106 Å². The van der Waals surface area contributed by atoms with Crippen LogP contribution >= 0.6 is 0 Å². The van der Waals surface area contributed by atoms with Crippen molar-refractivity contribution in [1.29, 1.82) is 0 Å². The molecule has 0 bridgehead atoms. The molecule has 1 N–H and O–H groups in total. The molecule has 0 amide bonds. The summed E-state index contributed by atoms with van der Waals surface area (Å²) in [5, 5.41) is 10.4. The quantitative estimate of drug-likeness (QED) is 0.497. The van der Waals surface area contributed by atoms with Crippen molar-refractivity contribution >= 4 is 0 Å². The molecule has 5 aliphatic rings. The Labute approximate surface area is 185 Å². The van der Waals surface area contributed by atoms with Crippen LogP contribution in [0.4, 0.5) is 0 Å². The first-order chi connectivity index (χ1) is 14.1. The molecule has 1 aliphatic heterocycles. The molecule has 1 saturated heterocycles. The molecule has 4 saturated carbocycles. The van der Waals surface area contributed by atoms with Gasteiger partial charge in [-0.2, -0.15) is 0 Å². The number of ether oxygens (including phenoxy) is 1. The van der Waals surface area contributed by atoms with Crippen molar-refractivity contribution in [3.63, 3.8) is 0 Å². The van der Waals surface area contributed by atoms with Crippen molar-refractivity contribution in [2.75, 3.05) is 0 Å². The fraction of sp³-hybridized carbons (Fsp3) is 1.00. The summed E-state index contributed by atoms with van der Waals surface area (Å²) >= 11 is 0. The smallest absolute Gasteiger partial charge is 0.103 e. The SMILES string of the molecule is CC(C)C(C)CCC(C)C1CCC2C3CC4O[C@@]45CC(O)CC[C@]5(C)C3CC[C@]12C. The highest BCUT2D eigenvalue weighted by Crippen LogP contribution is 2.74. The first-order valence-electron chi connectivity index (χ1n) is 13.5. The number of hydrogen-bond donors (Lipinski definition) is 1. The molecular weight excluding hydrogens is 368 g/mol. The van der Waals surface area contributed by atoms with Crippen molar-refractivity contribution < 1.29 is 9.84 Å². The first kappa shape index (κ1) is 21.7. The van der Waals surface area contributed by atoms with E-state index >= 15 is 0 Å².